The summed E-state index contributed by atoms with van der Waals surface area (Å²) in [5, 5.41) is 0. The first-order valence-electron chi connectivity index (χ1n) is 10.8. The number of hydrogen-bond acceptors (Lipinski definition) is 5. The highest BCUT2D eigenvalue weighted by atomic mass is 16.6. The first kappa shape index (κ1) is 21.3. The number of rotatable bonds is 7. The zero-order valence-electron chi connectivity index (χ0n) is 18.3. The van der Waals surface area contributed by atoms with Gasteiger partial charge in [-0.3, -0.25) is 0 Å². The van der Waals surface area contributed by atoms with Crippen molar-refractivity contribution in [2.24, 2.45) is 5.92 Å². The molecule has 1 unspecified atom stereocenters. The molecule has 0 N–H and O–H groups in total. The van der Waals surface area contributed by atoms with Gasteiger partial charge >= 0.3 is 5.97 Å². The predicted octanol–water partition coefficient (Wildman–Crippen LogP) is 4.32. The molecule has 1 saturated carbocycles. The Balaban J connectivity index is 1.46. The van der Waals surface area contributed by atoms with E-state index in [1.165, 1.54) is 11.6 Å². The standard InChI is InChI=1S/C25H32O5/c1-17(2)10-12-20-24(3,30-20)23-22(27-4)19(14-15-25(23)16-28-25)29-21(26)13-11-18-8-6-5-7-9-18/h5-11,13,19-20,22-23H,12,14-16H2,1-4H3/b13-11+/t19-,20-,22-,23-,24?,25+/m1/s1. The maximum Gasteiger partial charge on any atom is 0.331 e. The van der Waals surface area contributed by atoms with Crippen LogP contribution in [-0.4, -0.2) is 49.2 Å². The van der Waals surface area contributed by atoms with Gasteiger partial charge in [-0.05, 0) is 51.7 Å². The van der Waals surface area contributed by atoms with E-state index in [-0.39, 0.29) is 41.4 Å². The van der Waals surface area contributed by atoms with E-state index in [9.17, 15) is 4.79 Å². The van der Waals surface area contributed by atoms with E-state index in [0.29, 0.717) is 0 Å². The van der Waals surface area contributed by atoms with E-state index in [1.807, 2.05) is 30.3 Å². The van der Waals surface area contributed by atoms with Crippen LogP contribution in [0.4, 0.5) is 0 Å². The molecule has 0 radical (unpaired) electrons. The molecule has 1 aliphatic carbocycles. The molecule has 1 aromatic rings. The van der Waals surface area contributed by atoms with Crippen molar-refractivity contribution in [3.05, 3.63) is 53.6 Å². The molecule has 2 heterocycles. The number of carbonyl (C=O) groups is 1. The molecule has 30 heavy (non-hydrogen) atoms. The number of epoxide rings is 2. The van der Waals surface area contributed by atoms with Crippen LogP contribution in [-0.2, 0) is 23.7 Å². The van der Waals surface area contributed by atoms with E-state index < -0.39 is 0 Å². The number of esters is 1. The van der Waals surface area contributed by atoms with Gasteiger partial charge in [0, 0.05) is 13.2 Å². The van der Waals surface area contributed by atoms with E-state index in [1.54, 1.807) is 13.2 Å². The van der Waals surface area contributed by atoms with Gasteiger partial charge in [0.2, 0.25) is 0 Å². The number of ether oxygens (including phenoxy) is 4. The molecule has 0 aromatic heterocycles. The van der Waals surface area contributed by atoms with Gasteiger partial charge in [0.05, 0.1) is 18.6 Å². The van der Waals surface area contributed by atoms with Crippen LogP contribution >= 0.6 is 0 Å². The highest BCUT2D eigenvalue weighted by Gasteiger charge is 2.72. The SMILES string of the molecule is CO[C@H]1[C@H](C2(C)O[C@@H]2CC=C(C)C)[C@]2(CC[C@H]1OC(=O)/C=C/c1ccccc1)CO2. The molecule has 162 valence electrons. The van der Waals surface area contributed by atoms with Crippen LogP contribution in [0.25, 0.3) is 6.08 Å². The zero-order valence-corrected chi connectivity index (χ0v) is 18.3. The molecule has 0 amide bonds. The molecule has 6 atom stereocenters. The van der Waals surface area contributed by atoms with Crippen molar-refractivity contribution < 1.29 is 23.7 Å². The molecule has 0 bridgehead atoms. The number of methoxy groups -OCH3 is 1. The van der Waals surface area contributed by atoms with Gasteiger partial charge < -0.3 is 18.9 Å². The second-order valence-electron chi connectivity index (χ2n) is 9.10. The second-order valence-corrected chi connectivity index (χ2v) is 9.10. The predicted molar refractivity (Wildman–Crippen MR) is 115 cm³/mol. The van der Waals surface area contributed by atoms with Gasteiger partial charge in [-0.2, -0.15) is 0 Å². The van der Waals surface area contributed by atoms with Crippen LogP contribution in [0, 0.1) is 5.92 Å². The summed E-state index contributed by atoms with van der Waals surface area (Å²) in [6.45, 7) is 7.07. The monoisotopic (exact) mass is 412 g/mol. The zero-order chi connectivity index (χ0) is 21.4. The minimum absolute atomic E-state index is 0.0372. The first-order chi connectivity index (χ1) is 14.4. The van der Waals surface area contributed by atoms with Crippen molar-refractivity contribution in [2.75, 3.05) is 13.7 Å². The van der Waals surface area contributed by atoms with Crippen LogP contribution in [0.3, 0.4) is 0 Å². The quantitative estimate of drug-likeness (QED) is 0.289. The topological polar surface area (TPSA) is 60.6 Å². The average molecular weight is 413 g/mol. The molecule has 1 aromatic carbocycles. The fraction of sp³-hybridized carbons (Fsp3) is 0.560. The van der Waals surface area contributed by atoms with E-state index >= 15 is 0 Å². The molecule has 3 fully saturated rings. The van der Waals surface area contributed by atoms with Crippen LogP contribution in [0.2, 0.25) is 0 Å². The van der Waals surface area contributed by atoms with E-state index in [2.05, 4.69) is 26.8 Å². The summed E-state index contributed by atoms with van der Waals surface area (Å²) in [4.78, 5) is 12.5. The lowest BCUT2D eigenvalue weighted by molar-refractivity contribution is -0.166. The van der Waals surface area contributed by atoms with Crippen LogP contribution in [0.15, 0.2) is 48.1 Å². The Morgan fingerprint density at radius 2 is 2.00 bits per heavy atom. The molecular formula is C25H32O5. The number of carbonyl (C=O) groups excluding carboxylic acids is 1. The highest BCUT2D eigenvalue weighted by Crippen LogP contribution is 2.59. The second kappa shape index (κ2) is 8.29. The Kier molecular flexibility index (Phi) is 5.88. The number of hydrogen-bond donors (Lipinski definition) is 0. The third-order valence-corrected chi connectivity index (χ3v) is 6.72. The summed E-state index contributed by atoms with van der Waals surface area (Å²) in [6.07, 6.45) is 7.52. The van der Waals surface area contributed by atoms with Gasteiger partial charge in [-0.1, -0.05) is 42.0 Å². The van der Waals surface area contributed by atoms with Crippen molar-refractivity contribution in [2.45, 2.75) is 69.5 Å². The molecule has 5 heteroatoms. The fourth-order valence-corrected chi connectivity index (χ4v) is 4.99. The van der Waals surface area contributed by atoms with Crippen molar-refractivity contribution in [1.29, 1.82) is 0 Å². The van der Waals surface area contributed by atoms with Gasteiger partial charge in [0.1, 0.15) is 23.4 Å². The van der Waals surface area contributed by atoms with E-state index in [4.69, 9.17) is 18.9 Å². The van der Waals surface area contributed by atoms with Crippen molar-refractivity contribution in [3.63, 3.8) is 0 Å². The third-order valence-electron chi connectivity index (χ3n) is 6.72. The third kappa shape index (κ3) is 4.25. The smallest absolute Gasteiger partial charge is 0.331 e. The van der Waals surface area contributed by atoms with Gasteiger partial charge in [-0.15, -0.1) is 0 Å². The normalized spacial score (nSPS) is 37.2. The largest absolute Gasteiger partial charge is 0.456 e. The lowest BCUT2D eigenvalue weighted by atomic mass is 9.68. The average Bonchev–Trinajstić information content (AvgIpc) is 3.64. The number of allylic oxidation sites excluding steroid dienone is 1. The molecule has 5 nitrogen and oxygen atoms in total. The Morgan fingerprint density at radius 1 is 1.27 bits per heavy atom. The molecule has 2 aliphatic heterocycles. The Labute approximate surface area is 179 Å². The van der Waals surface area contributed by atoms with Crippen molar-refractivity contribution in [1.82, 2.24) is 0 Å². The molecule has 2 saturated heterocycles. The maximum absolute atomic E-state index is 12.5. The minimum Gasteiger partial charge on any atom is -0.456 e. The van der Waals surface area contributed by atoms with Crippen LogP contribution in [0.1, 0.15) is 45.6 Å². The lowest BCUT2D eigenvalue weighted by Gasteiger charge is -2.42. The van der Waals surface area contributed by atoms with Gasteiger partial charge in [0.25, 0.3) is 0 Å². The lowest BCUT2D eigenvalue weighted by Crippen LogP contribution is -2.55. The summed E-state index contributed by atoms with van der Waals surface area (Å²) in [5.74, 6) is -0.310. The van der Waals surface area contributed by atoms with Crippen LogP contribution < -0.4 is 0 Å². The Morgan fingerprint density at radius 3 is 2.63 bits per heavy atom. The summed E-state index contributed by atoms with van der Waals surface area (Å²) >= 11 is 0. The molecule has 3 aliphatic rings. The molecule has 1 spiro atoms. The summed E-state index contributed by atoms with van der Waals surface area (Å²) in [5.41, 5.74) is 1.71. The van der Waals surface area contributed by atoms with E-state index in [0.717, 1.165) is 31.4 Å². The number of benzene rings is 1. The van der Waals surface area contributed by atoms with Gasteiger partial charge in [-0.25, -0.2) is 4.79 Å². The van der Waals surface area contributed by atoms with Crippen molar-refractivity contribution >= 4 is 12.0 Å². The summed E-state index contributed by atoms with van der Waals surface area (Å²) in [7, 11) is 1.69. The first-order valence-corrected chi connectivity index (χ1v) is 10.8. The summed E-state index contributed by atoms with van der Waals surface area (Å²) < 4.78 is 23.9. The Hall–Kier alpha value is -1.95. The fourth-order valence-electron chi connectivity index (χ4n) is 4.99. The van der Waals surface area contributed by atoms with Crippen LogP contribution in [0.5, 0.6) is 0 Å². The minimum atomic E-state index is -0.347. The van der Waals surface area contributed by atoms with Gasteiger partial charge in [0.15, 0.2) is 0 Å². The summed E-state index contributed by atoms with van der Waals surface area (Å²) in [6, 6.07) is 9.72. The maximum atomic E-state index is 12.5. The molecular weight excluding hydrogens is 380 g/mol. The van der Waals surface area contributed by atoms with Crippen molar-refractivity contribution in [3.8, 4) is 0 Å². The Bertz CT molecular complexity index is 821. The highest BCUT2D eigenvalue weighted by molar-refractivity contribution is 5.87. The molecule has 4 rings (SSSR count).